The molecule has 0 radical (unpaired) electrons. The molecular formula is C82H56O53. The van der Waals surface area contributed by atoms with Crippen molar-refractivity contribution in [3.63, 3.8) is 0 Å². The number of esters is 10. The van der Waals surface area contributed by atoms with E-state index < -0.39 is 402 Å². The van der Waals surface area contributed by atoms with Crippen molar-refractivity contribution >= 4 is 65.5 Å². The zero-order valence-electron chi connectivity index (χ0n) is 66.0. The van der Waals surface area contributed by atoms with Gasteiger partial charge >= 0.3 is 59.7 Å². The number of cyclic esters (lactones) is 2. The first-order valence-electron chi connectivity index (χ1n) is 37.6. The number of hydrogen-bond donors (Lipinski definition) is 28. The van der Waals surface area contributed by atoms with Crippen LogP contribution in [0.3, 0.4) is 0 Å². The first kappa shape index (κ1) is 89.9. The van der Waals surface area contributed by atoms with Crippen LogP contribution in [0.1, 0.15) is 105 Å². The van der Waals surface area contributed by atoms with Gasteiger partial charge in [0.2, 0.25) is 76.6 Å². The second-order valence-corrected chi connectivity index (χ2v) is 29.9. The molecule has 9 aromatic carbocycles. The average molecular weight is 1890 g/mol. The summed E-state index contributed by atoms with van der Waals surface area (Å²) < 4.78 is 80.1. The number of aliphatic hydroxyl groups is 3. The number of ether oxygens (including phenoxy) is 14. The summed E-state index contributed by atoms with van der Waals surface area (Å²) in [6.45, 7) is -3.17. The molecule has 0 saturated carbocycles. The predicted octanol–water partition coefficient (Wildman–Crippen LogP) is 0.965. The maximum atomic E-state index is 15.7. The molecule has 6 aliphatic heterocycles. The van der Waals surface area contributed by atoms with Gasteiger partial charge in [-0.1, -0.05) is 0 Å². The Kier molecular flexibility index (Phi) is 21.3. The van der Waals surface area contributed by atoms with Gasteiger partial charge in [0.25, 0.3) is 11.6 Å². The van der Waals surface area contributed by atoms with Crippen molar-refractivity contribution in [1.82, 2.24) is 0 Å². The molecule has 7 aliphatic rings. The molecule has 702 valence electrons. The Morgan fingerprint density at radius 1 is 0.326 bits per heavy atom. The van der Waals surface area contributed by atoms with Gasteiger partial charge in [-0.15, -0.1) is 0 Å². The fourth-order valence-electron chi connectivity index (χ4n) is 15.4. The van der Waals surface area contributed by atoms with Crippen LogP contribution < -0.4 is 9.47 Å². The summed E-state index contributed by atoms with van der Waals surface area (Å²) in [6.07, 6.45) is -29.0. The third-order valence-corrected chi connectivity index (χ3v) is 21.9. The number of hydrogen-bond acceptors (Lipinski definition) is 53. The molecule has 28 N–H and O–H groups in total. The molecule has 16 rings (SSSR count). The maximum Gasteiger partial charge on any atom is 0.342 e. The molecule has 135 heavy (non-hydrogen) atoms. The number of benzene rings is 9. The number of phenols is 25. The van der Waals surface area contributed by atoms with Crippen molar-refractivity contribution in [1.29, 1.82) is 0 Å². The Morgan fingerprint density at radius 3 is 1.17 bits per heavy atom. The molecular weight excluding hydrogens is 1830 g/mol. The van der Waals surface area contributed by atoms with Gasteiger partial charge in [-0.3, -0.25) is 4.79 Å². The molecule has 53 heteroatoms. The first-order valence-corrected chi connectivity index (χ1v) is 37.6. The highest BCUT2D eigenvalue weighted by Gasteiger charge is 2.71. The smallest absolute Gasteiger partial charge is 0.342 e. The van der Waals surface area contributed by atoms with Gasteiger partial charge in [0.1, 0.15) is 31.0 Å². The summed E-state index contributed by atoms with van der Waals surface area (Å²) >= 11 is 0. The van der Waals surface area contributed by atoms with Crippen molar-refractivity contribution < 1.29 is 262 Å². The number of fused-ring (bicyclic) bond motifs is 14. The fraction of sp³-hybridized carbons (Fsp3) is 0.183. The third kappa shape index (κ3) is 14.4. The van der Waals surface area contributed by atoms with Crippen molar-refractivity contribution in [2.45, 2.75) is 78.9 Å². The highest BCUT2D eigenvalue weighted by molar-refractivity contribution is 6.12. The molecule has 2 fully saturated rings. The lowest BCUT2D eigenvalue weighted by molar-refractivity contribution is -0.323. The van der Waals surface area contributed by atoms with E-state index in [1.807, 2.05) is 0 Å². The molecule has 53 nitrogen and oxygen atoms in total. The van der Waals surface area contributed by atoms with E-state index in [-0.39, 0.29) is 42.5 Å². The van der Waals surface area contributed by atoms with Gasteiger partial charge in [-0.25, -0.2) is 47.9 Å². The Bertz CT molecular complexity index is 6810. The number of carbonyl (C=O) groups is 11. The molecule has 2 saturated heterocycles. The number of phenolic OH excluding ortho intramolecular Hbond substituents is 25. The third-order valence-electron chi connectivity index (χ3n) is 21.9. The van der Waals surface area contributed by atoms with E-state index in [1.165, 1.54) is 0 Å². The molecule has 9 aromatic rings. The van der Waals surface area contributed by atoms with E-state index in [2.05, 4.69) is 0 Å². The van der Waals surface area contributed by atoms with Crippen molar-refractivity contribution in [3.8, 4) is 183 Å². The predicted molar refractivity (Wildman–Crippen MR) is 411 cm³/mol. The monoisotopic (exact) mass is 1890 g/mol. The standard InChI is InChI=1S/C82H56O53/c83-26-1-16(2-27(84)47(26)95)69(109)127-62-38-14-122-72(112)19-7-31(88)50(98)56(104)41(19)43-21(9-33(90)52(100)58(43)106)75(115)133-79(125-38)67(65(62)129-70(110)17-3-28(85)48(96)29(86)4-17)131-71(111)18-5-30(87)49(97)37(6-18)124-61-25(12-35(92)54(102)60(61)108)78(118)130-66-63-39-15-123-73(113)20-8-32(89)51(99)57(105)42(20)44-22(10-34(91)53(101)59(44)107)76(116)134-80(126-39)68(66)132-77(117)24-13-40(94)81(119,120)82(121)46(24)45-23(74(114)128-63)11-36(93)55(103)64(45)135-82/h1-13,38-39,46,62-63,65-68,79-80,83-93,95-108,119-121H,14-15H2. The highest BCUT2D eigenvalue weighted by Crippen LogP contribution is 2.62. The van der Waals surface area contributed by atoms with E-state index in [9.17, 15) is 167 Å². The molecule has 0 spiro atoms. The number of ketones is 1. The van der Waals surface area contributed by atoms with Crippen LogP contribution >= 0.6 is 0 Å². The lowest BCUT2D eigenvalue weighted by Gasteiger charge is -2.44. The summed E-state index contributed by atoms with van der Waals surface area (Å²) in [4.78, 5) is 164. The summed E-state index contributed by atoms with van der Waals surface area (Å²) in [5.74, 6) is -76.2. The first-order chi connectivity index (χ1) is 63.4. The van der Waals surface area contributed by atoms with Crippen LogP contribution in [0.25, 0.3) is 22.3 Å². The average Bonchev–Trinajstić information content (AvgIpc) is 1.53. The SMILES string of the molecule is O=C1OC2C3OC(=O)c4cc(O)c(O)c(O)c4-c4c(cc(O)c(O)c4O)C(=O)OCC(O3)C(OC(=O)c3cc(O)c(O)c4c3C3C1=CC(=O)C(O)(O)C3(O)O4)C2OC(=O)c1cc(O)c(O)c(O)c1Oc1cc(C(=O)OC2C3OC(=O)c4cc(O)c(O)c(O)c4-c4c(cc(O)c(O)c4O)C(=O)OCC(O3)C(OC(=O)c3cc(O)c(O)c(O)c3)C2OC(=O)c2cc(O)c(O)c(O)c2)cc(O)c1O. The second kappa shape index (κ2) is 32.0. The minimum absolute atomic E-state index is 0.00586. The van der Waals surface area contributed by atoms with Crippen LogP contribution in [0.15, 0.2) is 84.4 Å². The summed E-state index contributed by atoms with van der Waals surface area (Å²) in [5.41, 5.74) is -19.2. The summed E-state index contributed by atoms with van der Waals surface area (Å²) in [5, 5.41) is 310. The van der Waals surface area contributed by atoms with Gasteiger partial charge in [-0.05, 0) is 72.8 Å². The van der Waals surface area contributed by atoms with Crippen molar-refractivity contribution in [2.75, 3.05) is 13.2 Å². The second-order valence-electron chi connectivity index (χ2n) is 29.9. The van der Waals surface area contributed by atoms with Crippen LogP contribution in [-0.2, 0) is 66.4 Å². The largest absolute Gasteiger partial charge is 0.504 e. The van der Waals surface area contributed by atoms with Crippen LogP contribution in [0, 0.1) is 0 Å². The van der Waals surface area contributed by atoms with Crippen LogP contribution in [0.2, 0.25) is 0 Å². The van der Waals surface area contributed by atoms with Gasteiger partial charge < -0.3 is 209 Å². The molecule has 12 unspecified atom stereocenters. The Balaban J connectivity index is 0.829. The number of carbonyl (C=O) groups excluding carboxylic acids is 11. The van der Waals surface area contributed by atoms with Gasteiger partial charge in [0.15, 0.2) is 139 Å². The number of rotatable bonds is 10. The van der Waals surface area contributed by atoms with E-state index in [1.54, 1.807) is 0 Å². The lowest BCUT2D eigenvalue weighted by Crippen LogP contribution is -2.66. The molecule has 1 aliphatic carbocycles. The van der Waals surface area contributed by atoms with Crippen LogP contribution in [-0.4, -0.2) is 295 Å². The maximum absolute atomic E-state index is 15.7. The van der Waals surface area contributed by atoms with Crippen molar-refractivity contribution in [2.24, 2.45) is 0 Å². The molecule has 12 atom stereocenters. The molecule has 0 amide bonds. The van der Waals surface area contributed by atoms with Crippen molar-refractivity contribution in [3.05, 3.63) is 140 Å². The minimum atomic E-state index is -4.28. The summed E-state index contributed by atoms with van der Waals surface area (Å²) in [6, 6.07) is 3.43. The topological polar surface area (TPSA) is 883 Å². The normalized spacial score (nSPS) is 22.5. The minimum Gasteiger partial charge on any atom is -0.504 e. The Hall–Kier alpha value is -18.5. The van der Waals surface area contributed by atoms with Gasteiger partial charge in [0.05, 0.1) is 56.0 Å². The highest BCUT2D eigenvalue weighted by atomic mass is 16.8. The molecule has 0 aromatic heterocycles. The van der Waals surface area contributed by atoms with Gasteiger partial charge in [-0.2, -0.15) is 0 Å². The van der Waals surface area contributed by atoms with Crippen LogP contribution in [0.4, 0.5) is 0 Å². The zero-order chi connectivity index (χ0) is 98.0. The summed E-state index contributed by atoms with van der Waals surface area (Å²) in [7, 11) is 0. The zero-order valence-corrected chi connectivity index (χ0v) is 66.0. The Labute approximate surface area is 740 Å². The molecule has 6 bridgehead atoms. The van der Waals surface area contributed by atoms with E-state index in [0.29, 0.717) is 36.4 Å². The fourth-order valence-corrected chi connectivity index (χ4v) is 15.4. The lowest BCUT2D eigenvalue weighted by atomic mass is 9.74. The quantitative estimate of drug-likeness (QED) is 0.0392. The van der Waals surface area contributed by atoms with Gasteiger partial charge in [0, 0.05) is 33.9 Å². The Morgan fingerprint density at radius 2 is 0.689 bits per heavy atom. The molecule has 6 heterocycles. The van der Waals surface area contributed by atoms with E-state index >= 15 is 28.8 Å². The van der Waals surface area contributed by atoms with E-state index in [0.717, 1.165) is 0 Å². The van der Waals surface area contributed by atoms with E-state index in [4.69, 9.17) is 66.3 Å². The van der Waals surface area contributed by atoms with Crippen LogP contribution in [0.5, 0.6) is 161 Å². The number of aromatic hydroxyl groups is 25.